The van der Waals surface area contributed by atoms with Gasteiger partial charge in [0.25, 0.3) is 0 Å². The summed E-state index contributed by atoms with van der Waals surface area (Å²) in [5, 5.41) is 7.70. The van der Waals surface area contributed by atoms with Gasteiger partial charge in [0.15, 0.2) is 9.84 Å². The van der Waals surface area contributed by atoms with Crippen LogP contribution in [0.3, 0.4) is 0 Å². The number of halogens is 2. The predicted molar refractivity (Wildman–Crippen MR) is 103 cm³/mol. The van der Waals surface area contributed by atoms with Gasteiger partial charge >= 0.3 is 6.09 Å². The molecule has 1 atom stereocenters. The first-order valence-electron chi connectivity index (χ1n) is 8.54. The van der Waals surface area contributed by atoms with Gasteiger partial charge in [0, 0.05) is 5.56 Å². The Morgan fingerprint density at radius 3 is 2.82 bits per heavy atom. The van der Waals surface area contributed by atoms with Crippen LogP contribution in [0, 0.1) is 5.82 Å². The fourth-order valence-corrected chi connectivity index (χ4v) is 4.72. The van der Waals surface area contributed by atoms with Gasteiger partial charge in [-0.1, -0.05) is 11.3 Å². The number of hydrogen-bond donors (Lipinski definition) is 0. The van der Waals surface area contributed by atoms with Crippen LogP contribution in [0.1, 0.15) is 12.0 Å². The van der Waals surface area contributed by atoms with Gasteiger partial charge in [-0.2, -0.15) is 0 Å². The number of amides is 1. The fourth-order valence-electron chi connectivity index (χ4n) is 3.26. The highest BCUT2D eigenvalue weighted by Crippen LogP contribution is 2.30. The standard InChI is InChI=1S/C17H16BrFN4O4S/c18-16-10-22(21-20-16)8-13-9-23(17(24)27-13)12-1-2-14(15(19)7-12)11-3-5-28(25,26)6-4-11/h1-3,7,10,13H,4-6,8-9H2/t13-/m0/s1. The van der Waals surface area contributed by atoms with Gasteiger partial charge in [-0.25, -0.2) is 22.3 Å². The third kappa shape index (κ3) is 3.95. The van der Waals surface area contributed by atoms with Crippen molar-refractivity contribution in [2.24, 2.45) is 0 Å². The van der Waals surface area contributed by atoms with E-state index in [9.17, 15) is 17.6 Å². The molecule has 4 rings (SSSR count). The first-order valence-corrected chi connectivity index (χ1v) is 11.2. The van der Waals surface area contributed by atoms with E-state index >= 15 is 0 Å². The van der Waals surface area contributed by atoms with E-state index in [4.69, 9.17) is 4.74 Å². The molecule has 1 aromatic heterocycles. The highest BCUT2D eigenvalue weighted by atomic mass is 79.9. The van der Waals surface area contributed by atoms with Gasteiger partial charge in [-0.3, -0.25) is 4.90 Å². The Kier molecular flexibility index (Phi) is 4.96. The van der Waals surface area contributed by atoms with E-state index in [2.05, 4.69) is 26.2 Å². The Labute approximate surface area is 169 Å². The first-order chi connectivity index (χ1) is 13.3. The number of cyclic esters (lactones) is 1. The summed E-state index contributed by atoms with van der Waals surface area (Å²) in [4.78, 5) is 13.6. The second-order valence-electron chi connectivity index (χ2n) is 6.64. The molecule has 0 bridgehead atoms. The summed E-state index contributed by atoms with van der Waals surface area (Å²) in [5.74, 6) is -0.569. The normalized spacial score (nSPS) is 21.5. The highest BCUT2D eigenvalue weighted by molar-refractivity contribution is 9.10. The van der Waals surface area contributed by atoms with Crippen molar-refractivity contribution in [2.45, 2.75) is 19.1 Å². The van der Waals surface area contributed by atoms with Crippen LogP contribution >= 0.6 is 15.9 Å². The van der Waals surface area contributed by atoms with Crippen molar-refractivity contribution >= 4 is 43.1 Å². The summed E-state index contributed by atoms with van der Waals surface area (Å²) in [6.45, 7) is 0.596. The van der Waals surface area contributed by atoms with Crippen molar-refractivity contribution in [1.29, 1.82) is 0 Å². The Morgan fingerprint density at radius 1 is 1.36 bits per heavy atom. The Bertz CT molecular complexity index is 1070. The molecule has 2 aromatic rings. The number of allylic oxidation sites excluding steroid dienone is 1. The van der Waals surface area contributed by atoms with Gasteiger partial charge in [0.05, 0.1) is 36.5 Å². The summed E-state index contributed by atoms with van der Waals surface area (Å²) >= 11 is 3.20. The third-order valence-corrected chi connectivity index (χ3v) is 6.52. The smallest absolute Gasteiger partial charge is 0.414 e. The molecule has 3 heterocycles. The summed E-state index contributed by atoms with van der Waals surface area (Å²) < 4.78 is 45.2. The number of ether oxygens (including phenoxy) is 1. The summed E-state index contributed by atoms with van der Waals surface area (Å²) in [5.41, 5.74) is 1.41. The van der Waals surface area contributed by atoms with Gasteiger partial charge < -0.3 is 4.74 Å². The molecule has 8 nitrogen and oxygen atoms in total. The molecule has 0 N–H and O–H groups in total. The summed E-state index contributed by atoms with van der Waals surface area (Å²) in [7, 11) is -3.08. The largest absolute Gasteiger partial charge is 0.442 e. The molecule has 1 fully saturated rings. The minimum absolute atomic E-state index is 0.0125. The zero-order valence-corrected chi connectivity index (χ0v) is 17.0. The number of benzene rings is 1. The van der Waals surface area contributed by atoms with Gasteiger partial charge in [0.2, 0.25) is 0 Å². The van der Waals surface area contributed by atoms with Crippen molar-refractivity contribution in [3.63, 3.8) is 0 Å². The van der Waals surface area contributed by atoms with E-state index in [1.807, 2.05) is 0 Å². The number of hydrogen-bond acceptors (Lipinski definition) is 6. The molecule has 148 valence electrons. The maximum atomic E-state index is 14.7. The maximum Gasteiger partial charge on any atom is 0.414 e. The number of anilines is 1. The van der Waals surface area contributed by atoms with Crippen LogP contribution in [0.25, 0.3) is 5.57 Å². The number of carbonyl (C=O) groups excluding carboxylic acids is 1. The van der Waals surface area contributed by atoms with Gasteiger partial charge in [-0.15, -0.1) is 5.10 Å². The molecule has 1 amide bonds. The van der Waals surface area contributed by atoms with E-state index in [0.29, 0.717) is 28.0 Å². The van der Waals surface area contributed by atoms with E-state index in [1.165, 1.54) is 11.0 Å². The number of nitrogens with zero attached hydrogens (tertiary/aromatic N) is 4. The fraction of sp³-hybridized carbons (Fsp3) is 0.353. The molecule has 11 heteroatoms. The SMILES string of the molecule is O=C1O[C@@H](Cn2cc(Br)nn2)CN1c1ccc(C2=CCS(=O)(=O)CC2)c(F)c1. The van der Waals surface area contributed by atoms with Crippen LogP contribution in [-0.4, -0.2) is 53.7 Å². The number of aromatic nitrogens is 3. The average Bonchev–Trinajstić information content (AvgIpc) is 3.21. The zero-order chi connectivity index (χ0) is 19.9. The van der Waals surface area contributed by atoms with Gasteiger partial charge in [0.1, 0.15) is 16.5 Å². The highest BCUT2D eigenvalue weighted by Gasteiger charge is 2.33. The third-order valence-electron chi connectivity index (χ3n) is 4.65. The van der Waals surface area contributed by atoms with E-state index in [-0.39, 0.29) is 24.5 Å². The molecule has 0 saturated carbocycles. The summed E-state index contributed by atoms with van der Waals surface area (Å²) in [6.07, 6.45) is 2.51. The molecular formula is C17H16BrFN4O4S. The van der Waals surface area contributed by atoms with Gasteiger partial charge in [-0.05, 0) is 46.1 Å². The average molecular weight is 471 g/mol. The zero-order valence-electron chi connectivity index (χ0n) is 14.6. The van der Waals surface area contributed by atoms with Crippen molar-refractivity contribution in [3.8, 4) is 0 Å². The predicted octanol–water partition coefficient (Wildman–Crippen LogP) is 2.41. The second-order valence-corrected chi connectivity index (χ2v) is 9.68. The van der Waals surface area contributed by atoms with E-state index in [0.717, 1.165) is 0 Å². The molecule has 2 aliphatic heterocycles. The quantitative estimate of drug-likeness (QED) is 0.680. The molecule has 0 radical (unpaired) electrons. The van der Waals surface area contributed by atoms with Crippen molar-refractivity contribution in [3.05, 3.63) is 46.5 Å². The monoisotopic (exact) mass is 470 g/mol. The maximum absolute atomic E-state index is 14.7. The number of carbonyl (C=O) groups is 1. The van der Waals surface area contributed by atoms with Crippen LogP contribution in [0.15, 0.2) is 35.1 Å². The molecule has 2 aliphatic rings. The lowest BCUT2D eigenvalue weighted by atomic mass is 10.0. The van der Waals surface area contributed by atoms with Crippen LogP contribution in [0.5, 0.6) is 0 Å². The van der Waals surface area contributed by atoms with Crippen molar-refractivity contribution in [2.75, 3.05) is 23.0 Å². The second kappa shape index (κ2) is 7.28. The Hall–Kier alpha value is -2.27. The molecular weight excluding hydrogens is 455 g/mol. The lowest BCUT2D eigenvalue weighted by Gasteiger charge is -2.17. The number of rotatable bonds is 4. The minimum Gasteiger partial charge on any atom is -0.442 e. The topological polar surface area (TPSA) is 94.4 Å². The molecule has 28 heavy (non-hydrogen) atoms. The first kappa shape index (κ1) is 19.1. The van der Waals surface area contributed by atoms with Crippen molar-refractivity contribution < 1.29 is 22.3 Å². The molecule has 1 saturated heterocycles. The van der Waals surface area contributed by atoms with E-state index in [1.54, 1.807) is 29.1 Å². The molecule has 0 unspecified atom stereocenters. The summed E-state index contributed by atoms with van der Waals surface area (Å²) in [6, 6.07) is 4.48. The molecule has 1 aromatic carbocycles. The lowest BCUT2D eigenvalue weighted by Crippen LogP contribution is -2.26. The van der Waals surface area contributed by atoms with Crippen LogP contribution in [-0.2, 0) is 21.1 Å². The van der Waals surface area contributed by atoms with Crippen LogP contribution < -0.4 is 4.90 Å². The minimum atomic E-state index is -3.08. The number of sulfone groups is 1. The molecule has 0 spiro atoms. The van der Waals surface area contributed by atoms with Crippen LogP contribution in [0.4, 0.5) is 14.9 Å². The van der Waals surface area contributed by atoms with Crippen LogP contribution in [0.2, 0.25) is 0 Å². The molecule has 0 aliphatic carbocycles. The Balaban J connectivity index is 1.49. The lowest BCUT2D eigenvalue weighted by molar-refractivity contribution is 0.129. The van der Waals surface area contributed by atoms with Crippen molar-refractivity contribution in [1.82, 2.24) is 15.0 Å². The Morgan fingerprint density at radius 2 is 2.18 bits per heavy atom. The van der Waals surface area contributed by atoms with E-state index < -0.39 is 27.9 Å².